The minimum absolute atomic E-state index is 0.0315. The van der Waals surface area contributed by atoms with Gasteiger partial charge in [0.25, 0.3) is 0 Å². The summed E-state index contributed by atoms with van der Waals surface area (Å²) in [6.45, 7) is 3.75. The summed E-state index contributed by atoms with van der Waals surface area (Å²) in [5, 5.41) is 9.69. The highest BCUT2D eigenvalue weighted by molar-refractivity contribution is 6.33. The maximum absolute atomic E-state index is 11.2. The molecule has 8 heteroatoms. The minimum atomic E-state index is -1.04. The van der Waals surface area contributed by atoms with E-state index in [1.807, 2.05) is 13.8 Å². The van der Waals surface area contributed by atoms with Crippen LogP contribution in [0.1, 0.15) is 47.3 Å². The van der Waals surface area contributed by atoms with Gasteiger partial charge >= 0.3 is 5.97 Å². The number of carboxylic acids is 1. The van der Waals surface area contributed by atoms with Crippen molar-refractivity contribution in [2.24, 2.45) is 7.05 Å². The minimum Gasteiger partial charge on any atom is -0.478 e. The van der Waals surface area contributed by atoms with Crippen molar-refractivity contribution >= 4 is 41.3 Å². The van der Waals surface area contributed by atoms with Crippen LogP contribution in [0.4, 0.5) is 0 Å². The van der Waals surface area contributed by atoms with Crippen LogP contribution in [0.2, 0.25) is 10.4 Å². The number of carbonyl (C=O) groups is 1. The standard InChI is InChI=1S/C14H14Cl2N4O2/c1-7(2)11-8(13(21)22)6-17-10(18-11)5-4-9-12(15)19-14(16)20(9)3/h4-7H,1-3H3,(H,21,22)/b5-4+. The average Bonchev–Trinajstić information content (AvgIpc) is 2.69. The molecule has 0 unspecified atom stereocenters. The molecule has 0 radical (unpaired) electrons. The smallest absolute Gasteiger partial charge is 0.339 e. The third-order valence-electron chi connectivity index (χ3n) is 3.04. The number of halogens is 2. The van der Waals surface area contributed by atoms with E-state index in [1.165, 1.54) is 6.20 Å². The van der Waals surface area contributed by atoms with Gasteiger partial charge in [0.2, 0.25) is 5.28 Å². The number of carboxylic acid groups (broad SMARTS) is 1. The van der Waals surface area contributed by atoms with E-state index in [4.69, 9.17) is 28.3 Å². The maximum Gasteiger partial charge on any atom is 0.339 e. The maximum atomic E-state index is 11.2. The normalized spacial score (nSPS) is 11.5. The molecule has 0 saturated heterocycles. The molecule has 22 heavy (non-hydrogen) atoms. The van der Waals surface area contributed by atoms with Crippen molar-refractivity contribution in [1.29, 1.82) is 0 Å². The first-order chi connectivity index (χ1) is 10.3. The highest BCUT2D eigenvalue weighted by atomic mass is 35.5. The summed E-state index contributed by atoms with van der Waals surface area (Å²) in [5.74, 6) is -0.682. The third kappa shape index (κ3) is 3.28. The Morgan fingerprint density at radius 3 is 2.50 bits per heavy atom. The molecule has 0 saturated carbocycles. The summed E-state index contributed by atoms with van der Waals surface area (Å²) >= 11 is 11.9. The Labute approximate surface area is 137 Å². The zero-order valence-electron chi connectivity index (χ0n) is 12.2. The first kappa shape index (κ1) is 16.5. The summed E-state index contributed by atoms with van der Waals surface area (Å²) in [5.41, 5.74) is 1.20. The molecule has 116 valence electrons. The molecule has 0 aliphatic carbocycles. The predicted octanol–water partition coefficient (Wildman–Crippen LogP) is 3.51. The molecule has 6 nitrogen and oxygen atoms in total. The van der Waals surface area contributed by atoms with Crippen molar-refractivity contribution in [3.63, 3.8) is 0 Å². The van der Waals surface area contributed by atoms with Gasteiger partial charge in [-0.05, 0) is 29.7 Å². The number of imidazole rings is 1. The van der Waals surface area contributed by atoms with Gasteiger partial charge in [-0.1, -0.05) is 25.4 Å². The van der Waals surface area contributed by atoms with Crippen molar-refractivity contribution in [3.8, 4) is 0 Å². The quantitative estimate of drug-likeness (QED) is 0.920. The number of aromatic carboxylic acids is 1. The second-order valence-corrected chi connectivity index (χ2v) is 5.63. The van der Waals surface area contributed by atoms with E-state index in [-0.39, 0.29) is 21.9 Å². The lowest BCUT2D eigenvalue weighted by Crippen LogP contribution is -2.08. The SMILES string of the molecule is CC(C)c1nc(/C=C/c2c(Cl)nc(Cl)n2C)ncc1C(=O)O. The Balaban J connectivity index is 2.40. The first-order valence-electron chi connectivity index (χ1n) is 6.47. The fraction of sp³-hybridized carbons (Fsp3) is 0.286. The van der Waals surface area contributed by atoms with Gasteiger partial charge in [0, 0.05) is 13.2 Å². The second kappa shape index (κ2) is 6.46. The number of hydrogen-bond donors (Lipinski definition) is 1. The monoisotopic (exact) mass is 340 g/mol. The topological polar surface area (TPSA) is 80.9 Å². The third-order valence-corrected chi connectivity index (χ3v) is 3.66. The molecular weight excluding hydrogens is 327 g/mol. The number of rotatable bonds is 4. The molecular formula is C14H14Cl2N4O2. The molecule has 0 spiro atoms. The summed E-state index contributed by atoms with van der Waals surface area (Å²) in [6.07, 6.45) is 4.62. The molecule has 0 fully saturated rings. The lowest BCUT2D eigenvalue weighted by molar-refractivity contribution is 0.0694. The average molecular weight is 341 g/mol. The first-order valence-corrected chi connectivity index (χ1v) is 7.23. The van der Waals surface area contributed by atoms with Crippen LogP contribution in [0, 0.1) is 0 Å². The molecule has 0 bridgehead atoms. The lowest BCUT2D eigenvalue weighted by atomic mass is 10.1. The fourth-order valence-corrected chi connectivity index (χ4v) is 2.37. The zero-order valence-corrected chi connectivity index (χ0v) is 13.7. The largest absolute Gasteiger partial charge is 0.478 e. The van der Waals surface area contributed by atoms with Crippen molar-refractivity contribution < 1.29 is 9.90 Å². The van der Waals surface area contributed by atoms with Gasteiger partial charge in [0.05, 0.1) is 17.0 Å². The van der Waals surface area contributed by atoms with Crippen molar-refractivity contribution in [3.05, 3.63) is 39.4 Å². The predicted molar refractivity (Wildman–Crippen MR) is 85.2 cm³/mol. The van der Waals surface area contributed by atoms with Gasteiger partial charge in [0.1, 0.15) is 0 Å². The van der Waals surface area contributed by atoms with Crippen LogP contribution in [0.15, 0.2) is 6.20 Å². The Kier molecular flexibility index (Phi) is 4.83. The summed E-state index contributed by atoms with van der Waals surface area (Å²) in [6, 6.07) is 0. The molecule has 0 atom stereocenters. The van der Waals surface area contributed by atoms with Crippen LogP contribution in [-0.4, -0.2) is 30.6 Å². The lowest BCUT2D eigenvalue weighted by Gasteiger charge is -2.08. The van der Waals surface area contributed by atoms with E-state index in [1.54, 1.807) is 23.8 Å². The molecule has 0 amide bonds. The summed E-state index contributed by atoms with van der Waals surface area (Å²) in [4.78, 5) is 23.4. The van der Waals surface area contributed by atoms with Gasteiger partial charge in [-0.3, -0.25) is 0 Å². The van der Waals surface area contributed by atoms with Gasteiger partial charge in [-0.2, -0.15) is 0 Å². The van der Waals surface area contributed by atoms with Gasteiger partial charge in [-0.25, -0.2) is 19.7 Å². The van der Waals surface area contributed by atoms with E-state index < -0.39 is 5.97 Å². The Bertz CT molecular complexity index is 754. The van der Waals surface area contributed by atoms with Gasteiger partial charge in [-0.15, -0.1) is 0 Å². The Morgan fingerprint density at radius 1 is 1.32 bits per heavy atom. The van der Waals surface area contributed by atoms with Crippen molar-refractivity contribution in [2.45, 2.75) is 19.8 Å². The molecule has 0 aliphatic rings. The van der Waals surface area contributed by atoms with E-state index in [2.05, 4.69) is 15.0 Å². The zero-order chi connectivity index (χ0) is 16.4. The molecule has 2 heterocycles. The van der Waals surface area contributed by atoms with Crippen LogP contribution in [0.5, 0.6) is 0 Å². The van der Waals surface area contributed by atoms with Crippen LogP contribution >= 0.6 is 23.2 Å². The van der Waals surface area contributed by atoms with E-state index >= 15 is 0 Å². The van der Waals surface area contributed by atoms with E-state index in [9.17, 15) is 4.79 Å². The van der Waals surface area contributed by atoms with Gasteiger partial charge < -0.3 is 9.67 Å². The second-order valence-electron chi connectivity index (χ2n) is 4.94. The van der Waals surface area contributed by atoms with Crippen molar-refractivity contribution in [1.82, 2.24) is 19.5 Å². The summed E-state index contributed by atoms with van der Waals surface area (Å²) in [7, 11) is 1.73. The number of nitrogens with zero attached hydrogens (tertiary/aromatic N) is 4. The number of hydrogen-bond acceptors (Lipinski definition) is 4. The van der Waals surface area contributed by atoms with E-state index in [0.717, 1.165) is 0 Å². The molecule has 2 rings (SSSR count). The van der Waals surface area contributed by atoms with Crippen LogP contribution < -0.4 is 0 Å². The Morgan fingerprint density at radius 2 is 2.00 bits per heavy atom. The summed E-state index contributed by atoms with van der Waals surface area (Å²) < 4.78 is 1.62. The molecule has 0 aliphatic heterocycles. The number of aromatic nitrogens is 4. The van der Waals surface area contributed by atoms with E-state index in [0.29, 0.717) is 17.2 Å². The van der Waals surface area contributed by atoms with Crippen molar-refractivity contribution in [2.75, 3.05) is 0 Å². The molecule has 2 aromatic heterocycles. The van der Waals surface area contributed by atoms with Gasteiger partial charge in [0.15, 0.2) is 11.0 Å². The highest BCUT2D eigenvalue weighted by Gasteiger charge is 2.15. The molecule has 2 aromatic rings. The van der Waals surface area contributed by atoms with Crippen LogP contribution in [0.3, 0.4) is 0 Å². The van der Waals surface area contributed by atoms with Crippen LogP contribution in [0.25, 0.3) is 12.2 Å². The Hall–Kier alpha value is -1.92. The molecule has 1 N–H and O–H groups in total. The van der Waals surface area contributed by atoms with Crippen LogP contribution in [-0.2, 0) is 7.05 Å². The fourth-order valence-electron chi connectivity index (χ4n) is 1.88. The molecule has 0 aromatic carbocycles. The highest BCUT2D eigenvalue weighted by Crippen LogP contribution is 2.22.